The van der Waals surface area contributed by atoms with Gasteiger partial charge in [-0.1, -0.05) is 155 Å². The number of rotatable bonds is 7. The van der Waals surface area contributed by atoms with Crippen LogP contribution in [0.25, 0.3) is 55.3 Å². The van der Waals surface area contributed by atoms with Gasteiger partial charge in [0.1, 0.15) is 47.1 Å². The van der Waals surface area contributed by atoms with Gasteiger partial charge in [0.05, 0.1) is 0 Å². The first-order valence-corrected chi connectivity index (χ1v) is 17.3. The van der Waals surface area contributed by atoms with Gasteiger partial charge in [0.25, 0.3) is 0 Å². The van der Waals surface area contributed by atoms with Gasteiger partial charge in [-0.3, -0.25) is 0 Å². The predicted octanol–water partition coefficient (Wildman–Crippen LogP) is 5.74. The van der Waals surface area contributed by atoms with Gasteiger partial charge in [0, 0.05) is 17.1 Å². The summed E-state index contributed by atoms with van der Waals surface area (Å²) >= 11 is 0. The van der Waals surface area contributed by atoms with E-state index in [1.165, 1.54) is 0 Å². The highest BCUT2D eigenvalue weighted by molar-refractivity contribution is 6.68. The largest absolute Gasteiger partial charge is 0.311 e. The second kappa shape index (κ2) is 14.3. The Morgan fingerprint density at radius 2 is 0.566 bits per heavy atom. The lowest BCUT2D eigenvalue weighted by Gasteiger charge is -2.28. The maximum atomic E-state index is 6.97. The standard InChI is InChI=1S/C46H27B6N/c47-41-38(43(49)44(50)39-37(32-14-8-3-9-15-32)42(48)46(52)45(51)40(39)41)33-20-26-36(27-21-33)53(34-22-16-30(17-23-34)28-10-4-1-5-11-28)35-24-18-31(19-25-35)29-12-6-2-7-13-29/h1-27H. The van der Waals surface area contributed by atoms with Crippen molar-refractivity contribution in [3.05, 3.63) is 164 Å². The molecule has 0 atom stereocenters. The lowest BCUT2D eigenvalue weighted by atomic mass is 9.60. The second-order valence-electron chi connectivity index (χ2n) is 13.1. The van der Waals surface area contributed by atoms with Crippen molar-refractivity contribution >= 4 is 108 Å². The van der Waals surface area contributed by atoms with Crippen molar-refractivity contribution < 1.29 is 0 Å². The molecule has 8 aromatic rings. The minimum Gasteiger partial charge on any atom is -0.311 e. The normalized spacial score (nSPS) is 11.1. The van der Waals surface area contributed by atoms with Gasteiger partial charge in [-0.25, -0.2) is 0 Å². The summed E-state index contributed by atoms with van der Waals surface area (Å²) in [5, 5.41) is 1.11. The van der Waals surface area contributed by atoms with Gasteiger partial charge in [0.15, 0.2) is 0 Å². The molecule has 53 heavy (non-hydrogen) atoms. The quantitative estimate of drug-likeness (QED) is 0.198. The summed E-state index contributed by atoms with van der Waals surface area (Å²) < 4.78 is 0. The van der Waals surface area contributed by atoms with Crippen LogP contribution in [0, 0.1) is 0 Å². The van der Waals surface area contributed by atoms with E-state index >= 15 is 0 Å². The molecule has 234 valence electrons. The van der Waals surface area contributed by atoms with E-state index < -0.39 is 0 Å². The minimum absolute atomic E-state index is 0.251. The number of hydrogen-bond acceptors (Lipinski definition) is 1. The highest BCUT2D eigenvalue weighted by atomic mass is 15.1. The van der Waals surface area contributed by atoms with E-state index in [0.717, 1.165) is 50.4 Å². The molecule has 8 aromatic carbocycles. The van der Waals surface area contributed by atoms with Gasteiger partial charge in [-0.2, -0.15) is 0 Å². The van der Waals surface area contributed by atoms with Crippen molar-refractivity contribution in [2.75, 3.05) is 4.90 Å². The third-order valence-corrected chi connectivity index (χ3v) is 9.93. The van der Waals surface area contributed by atoms with E-state index in [2.05, 4.69) is 114 Å². The molecule has 0 aliphatic carbocycles. The van der Waals surface area contributed by atoms with Crippen LogP contribution in [-0.2, 0) is 0 Å². The molecule has 0 unspecified atom stereocenters. The fourth-order valence-electron chi connectivity index (χ4n) is 7.20. The van der Waals surface area contributed by atoms with Crippen LogP contribution in [0.15, 0.2) is 164 Å². The van der Waals surface area contributed by atoms with Gasteiger partial charge < -0.3 is 4.90 Å². The van der Waals surface area contributed by atoms with E-state index in [9.17, 15) is 0 Å². The van der Waals surface area contributed by atoms with Crippen LogP contribution in [-0.4, -0.2) is 47.1 Å². The predicted molar refractivity (Wildman–Crippen MR) is 233 cm³/mol. The highest BCUT2D eigenvalue weighted by Gasteiger charge is 2.21. The molecule has 0 N–H and O–H groups in total. The molecular formula is C46H27B6N. The Hall–Kier alpha value is -5.79. The lowest BCUT2D eigenvalue weighted by molar-refractivity contribution is 1.28. The first-order chi connectivity index (χ1) is 25.8. The van der Waals surface area contributed by atoms with Crippen molar-refractivity contribution in [2.24, 2.45) is 0 Å². The highest BCUT2D eigenvalue weighted by Crippen LogP contribution is 2.37. The van der Waals surface area contributed by atoms with Crippen LogP contribution in [0.3, 0.4) is 0 Å². The van der Waals surface area contributed by atoms with Crippen LogP contribution in [0.4, 0.5) is 17.1 Å². The Kier molecular flexibility index (Phi) is 9.27. The molecule has 0 spiro atoms. The number of nitrogens with zero attached hydrogens (tertiary/aromatic N) is 1. The van der Waals surface area contributed by atoms with Crippen molar-refractivity contribution in [2.45, 2.75) is 0 Å². The van der Waals surface area contributed by atoms with Crippen LogP contribution < -0.4 is 37.7 Å². The third-order valence-electron chi connectivity index (χ3n) is 9.93. The Morgan fingerprint density at radius 3 is 1.00 bits per heavy atom. The van der Waals surface area contributed by atoms with Crippen LogP contribution >= 0.6 is 0 Å². The van der Waals surface area contributed by atoms with Crippen molar-refractivity contribution in [3.63, 3.8) is 0 Å². The molecule has 7 heteroatoms. The zero-order chi connectivity index (χ0) is 36.6. The Bertz CT molecular complexity index is 2490. The average Bonchev–Trinajstić information content (AvgIpc) is 3.21. The summed E-state index contributed by atoms with van der Waals surface area (Å²) in [7, 11) is 40.4. The third kappa shape index (κ3) is 6.25. The van der Waals surface area contributed by atoms with Crippen molar-refractivity contribution in [1.82, 2.24) is 0 Å². The Balaban J connectivity index is 1.24. The molecule has 0 aromatic heterocycles. The van der Waals surface area contributed by atoms with Crippen molar-refractivity contribution in [3.8, 4) is 44.5 Å². The molecule has 0 aliphatic rings. The summed E-state index contributed by atoms with van der Waals surface area (Å²) in [6.07, 6.45) is 0. The van der Waals surface area contributed by atoms with E-state index in [0.29, 0.717) is 43.8 Å². The zero-order valence-electron chi connectivity index (χ0n) is 29.0. The number of fused-ring (bicyclic) bond motifs is 1. The maximum absolute atomic E-state index is 6.97. The lowest BCUT2D eigenvalue weighted by Crippen LogP contribution is -2.46. The number of hydrogen-bond donors (Lipinski definition) is 0. The molecule has 0 heterocycles. The smallest absolute Gasteiger partial charge is 0.115 e. The maximum Gasteiger partial charge on any atom is 0.115 e. The molecule has 0 aliphatic heterocycles. The molecule has 12 radical (unpaired) electrons. The fourth-order valence-corrected chi connectivity index (χ4v) is 7.20. The summed E-state index contributed by atoms with van der Waals surface area (Å²) in [4.78, 5) is 2.22. The van der Waals surface area contributed by atoms with E-state index in [1.807, 2.05) is 54.6 Å². The van der Waals surface area contributed by atoms with Crippen LogP contribution in [0.1, 0.15) is 0 Å². The Morgan fingerprint density at radius 1 is 0.245 bits per heavy atom. The summed E-state index contributed by atoms with van der Waals surface area (Å²) in [5.41, 5.74) is 12.3. The molecule has 0 amide bonds. The molecule has 1 nitrogen and oxygen atoms in total. The van der Waals surface area contributed by atoms with E-state index in [-0.39, 0.29) is 10.9 Å². The molecule has 0 bridgehead atoms. The fraction of sp³-hybridized carbons (Fsp3) is 0. The molecule has 8 rings (SSSR count). The summed E-state index contributed by atoms with van der Waals surface area (Å²) in [6, 6.07) is 55.6. The van der Waals surface area contributed by atoms with Gasteiger partial charge in [-0.05, 0) is 91.7 Å². The zero-order valence-corrected chi connectivity index (χ0v) is 29.0. The first kappa shape index (κ1) is 34.3. The summed E-state index contributed by atoms with van der Waals surface area (Å²) in [5.74, 6) is 0. The van der Waals surface area contributed by atoms with Gasteiger partial charge in [0.2, 0.25) is 0 Å². The minimum atomic E-state index is 0.251. The SMILES string of the molecule is [B]c1c([B])c(-c2ccccc2)c2c([B])c([B])c(-c3ccc(N(c4ccc(-c5ccccc5)cc4)c4ccc(-c5ccccc5)cc4)cc3)c([B])c2c1[B]. The molecule has 0 fully saturated rings. The second-order valence-corrected chi connectivity index (χ2v) is 13.1. The number of benzene rings is 8. The van der Waals surface area contributed by atoms with E-state index in [4.69, 9.17) is 47.1 Å². The van der Waals surface area contributed by atoms with Crippen LogP contribution in [0.5, 0.6) is 0 Å². The topological polar surface area (TPSA) is 3.24 Å². The van der Waals surface area contributed by atoms with Gasteiger partial charge in [-0.15, -0.1) is 5.46 Å². The van der Waals surface area contributed by atoms with Crippen LogP contribution in [0.2, 0.25) is 0 Å². The summed E-state index contributed by atoms with van der Waals surface area (Å²) in [6.45, 7) is 0. The molecule has 0 saturated heterocycles. The molecular weight excluding hydrogens is 631 g/mol. The molecule has 0 saturated carbocycles. The number of anilines is 3. The van der Waals surface area contributed by atoms with Gasteiger partial charge >= 0.3 is 0 Å². The van der Waals surface area contributed by atoms with Crippen molar-refractivity contribution in [1.29, 1.82) is 0 Å². The monoisotopic (exact) mass is 659 g/mol. The Labute approximate surface area is 319 Å². The van der Waals surface area contributed by atoms with E-state index in [1.54, 1.807) is 0 Å². The first-order valence-electron chi connectivity index (χ1n) is 17.3. The average molecular weight is 659 g/mol.